The lowest BCUT2D eigenvalue weighted by Crippen LogP contribution is -2.46. The summed E-state index contributed by atoms with van der Waals surface area (Å²) in [7, 11) is -3.13. The van der Waals surface area contributed by atoms with E-state index in [9.17, 15) is 18.0 Å². The fourth-order valence-electron chi connectivity index (χ4n) is 3.21. The van der Waals surface area contributed by atoms with Crippen molar-refractivity contribution in [2.24, 2.45) is 0 Å². The predicted octanol–water partition coefficient (Wildman–Crippen LogP) is 1.65. The largest absolute Gasteiger partial charge is 0.454 e. The van der Waals surface area contributed by atoms with Gasteiger partial charge in [0.25, 0.3) is 5.91 Å². The smallest absolute Gasteiger partial charge is 0.339 e. The molecule has 27 heavy (non-hydrogen) atoms. The van der Waals surface area contributed by atoms with Gasteiger partial charge in [0.1, 0.15) is 0 Å². The number of esters is 1. The van der Waals surface area contributed by atoms with E-state index in [0.717, 1.165) is 0 Å². The predicted molar refractivity (Wildman–Crippen MR) is 96.9 cm³/mol. The molecule has 0 aliphatic carbocycles. The van der Waals surface area contributed by atoms with E-state index in [2.05, 4.69) is 0 Å². The molecule has 0 aromatic heterocycles. The Morgan fingerprint density at radius 3 is 2.74 bits per heavy atom. The third-order valence-electron chi connectivity index (χ3n) is 4.57. The lowest BCUT2D eigenvalue weighted by molar-refractivity contribution is -0.141. The van der Waals surface area contributed by atoms with E-state index in [1.54, 1.807) is 6.92 Å². The fourth-order valence-corrected chi connectivity index (χ4v) is 5.21. The van der Waals surface area contributed by atoms with Crippen LogP contribution in [0.25, 0.3) is 0 Å². The number of rotatable bonds is 5. The zero-order chi connectivity index (χ0) is 19.8. The Morgan fingerprint density at radius 2 is 2.11 bits per heavy atom. The van der Waals surface area contributed by atoms with Crippen LogP contribution in [0.1, 0.15) is 30.6 Å². The maximum atomic E-state index is 12.7. The Kier molecular flexibility index (Phi) is 5.53. The maximum Gasteiger partial charge on any atom is 0.339 e. The average Bonchev–Trinajstić information content (AvgIpc) is 3.21. The summed E-state index contributed by atoms with van der Waals surface area (Å²) in [6, 6.07) is 2.43. The number of hydrogen-bond acceptors (Lipinski definition) is 7. The Hall–Kier alpha value is -2.00. The quantitative estimate of drug-likeness (QED) is 0.671. The van der Waals surface area contributed by atoms with E-state index < -0.39 is 33.9 Å². The molecule has 3 rings (SSSR count). The van der Waals surface area contributed by atoms with Crippen LogP contribution in [0.4, 0.5) is 0 Å². The second kappa shape index (κ2) is 7.55. The normalized spacial score (nSPS) is 20.9. The molecule has 2 aliphatic heterocycles. The van der Waals surface area contributed by atoms with Gasteiger partial charge >= 0.3 is 5.97 Å². The number of likely N-dealkylation sites (N-methyl/N-ethyl adjacent to an activating group) is 1. The van der Waals surface area contributed by atoms with Crippen LogP contribution in [0, 0.1) is 0 Å². The van der Waals surface area contributed by atoms with Crippen LogP contribution in [0.2, 0.25) is 5.02 Å². The number of halogens is 1. The molecule has 148 valence electrons. The van der Waals surface area contributed by atoms with Crippen molar-refractivity contribution >= 4 is 33.3 Å². The van der Waals surface area contributed by atoms with Crippen LogP contribution in [0.5, 0.6) is 11.5 Å². The molecule has 1 aromatic carbocycles. The highest BCUT2D eigenvalue weighted by molar-refractivity contribution is 7.91. The van der Waals surface area contributed by atoms with Crippen molar-refractivity contribution in [3.8, 4) is 11.5 Å². The summed E-state index contributed by atoms with van der Waals surface area (Å²) in [4.78, 5) is 26.5. The minimum Gasteiger partial charge on any atom is -0.454 e. The number of benzene rings is 1. The molecule has 0 spiro atoms. The maximum absolute atomic E-state index is 12.7. The van der Waals surface area contributed by atoms with Crippen molar-refractivity contribution in [3.05, 3.63) is 22.7 Å². The average molecular weight is 418 g/mol. The standard InChI is InChI=1S/C17H20ClNO7S/c1-3-19(12-4-5-27(22,23)8-12)16(20)10(2)26-17(21)11-6-13(18)15-14(7-11)24-9-25-15/h6-7,10,12H,3-5,8-9H2,1-2H3/t10-,12-/m1/s1. The molecule has 0 bridgehead atoms. The molecule has 2 heterocycles. The minimum absolute atomic E-state index is 0.0121. The van der Waals surface area contributed by atoms with Crippen LogP contribution in [-0.2, 0) is 19.4 Å². The monoisotopic (exact) mass is 417 g/mol. The highest BCUT2D eigenvalue weighted by Crippen LogP contribution is 2.40. The molecule has 1 fully saturated rings. The van der Waals surface area contributed by atoms with Gasteiger partial charge in [0, 0.05) is 12.6 Å². The number of hydrogen-bond donors (Lipinski definition) is 0. The van der Waals surface area contributed by atoms with Gasteiger partial charge in [-0.05, 0) is 32.4 Å². The molecule has 0 radical (unpaired) electrons. The molecule has 1 saturated heterocycles. The summed E-state index contributed by atoms with van der Waals surface area (Å²) in [6.07, 6.45) is -0.676. The van der Waals surface area contributed by atoms with Crippen LogP contribution in [-0.4, -0.2) is 62.2 Å². The van der Waals surface area contributed by atoms with E-state index >= 15 is 0 Å². The number of nitrogens with zero attached hydrogens (tertiary/aromatic N) is 1. The minimum atomic E-state index is -3.13. The van der Waals surface area contributed by atoms with Gasteiger partial charge in [-0.1, -0.05) is 11.6 Å². The van der Waals surface area contributed by atoms with Gasteiger partial charge in [-0.15, -0.1) is 0 Å². The number of sulfone groups is 1. The number of ether oxygens (including phenoxy) is 3. The molecule has 1 aromatic rings. The molecular weight excluding hydrogens is 398 g/mol. The molecule has 2 aliphatic rings. The number of carbonyl (C=O) groups excluding carboxylic acids is 2. The van der Waals surface area contributed by atoms with Crippen LogP contribution >= 0.6 is 11.6 Å². The lowest BCUT2D eigenvalue weighted by atomic mass is 10.2. The molecule has 1 amide bonds. The molecule has 2 atom stereocenters. The van der Waals surface area contributed by atoms with E-state index in [-0.39, 0.29) is 28.9 Å². The van der Waals surface area contributed by atoms with Crippen molar-refractivity contribution in [1.82, 2.24) is 4.90 Å². The van der Waals surface area contributed by atoms with Crippen LogP contribution in [0.15, 0.2) is 12.1 Å². The van der Waals surface area contributed by atoms with E-state index in [1.165, 1.54) is 24.0 Å². The van der Waals surface area contributed by atoms with E-state index in [0.29, 0.717) is 24.5 Å². The second-order valence-corrected chi connectivity index (χ2v) is 9.06. The van der Waals surface area contributed by atoms with E-state index in [4.69, 9.17) is 25.8 Å². The van der Waals surface area contributed by atoms with Crippen molar-refractivity contribution in [2.45, 2.75) is 32.4 Å². The molecule has 0 N–H and O–H groups in total. The summed E-state index contributed by atoms with van der Waals surface area (Å²) in [5.74, 6) is -0.473. The Bertz CT molecular complexity index is 870. The van der Waals surface area contributed by atoms with Gasteiger partial charge in [-0.2, -0.15) is 0 Å². The third-order valence-corrected chi connectivity index (χ3v) is 6.60. The van der Waals surface area contributed by atoms with Gasteiger partial charge in [0.15, 0.2) is 27.4 Å². The third kappa shape index (κ3) is 4.14. The number of amides is 1. The first-order chi connectivity index (χ1) is 12.7. The highest BCUT2D eigenvalue weighted by Gasteiger charge is 2.36. The molecule has 0 saturated carbocycles. The van der Waals surface area contributed by atoms with Gasteiger partial charge in [0.05, 0.1) is 22.1 Å². The van der Waals surface area contributed by atoms with Crippen molar-refractivity contribution in [3.63, 3.8) is 0 Å². The highest BCUT2D eigenvalue weighted by atomic mass is 35.5. The first kappa shape index (κ1) is 19.8. The van der Waals surface area contributed by atoms with E-state index in [1.807, 2.05) is 0 Å². The first-order valence-electron chi connectivity index (χ1n) is 8.53. The summed E-state index contributed by atoms with van der Waals surface area (Å²) in [5, 5.41) is 0.210. The lowest BCUT2D eigenvalue weighted by Gasteiger charge is -2.29. The van der Waals surface area contributed by atoms with Gasteiger partial charge in [-0.25, -0.2) is 13.2 Å². The topological polar surface area (TPSA) is 99.2 Å². The first-order valence-corrected chi connectivity index (χ1v) is 10.7. The summed E-state index contributed by atoms with van der Waals surface area (Å²) in [5.41, 5.74) is 0.135. The van der Waals surface area contributed by atoms with Crippen LogP contribution < -0.4 is 9.47 Å². The number of fused-ring (bicyclic) bond motifs is 1. The summed E-state index contributed by atoms with van der Waals surface area (Å²) >= 11 is 6.06. The van der Waals surface area contributed by atoms with Crippen molar-refractivity contribution in [2.75, 3.05) is 24.8 Å². The van der Waals surface area contributed by atoms with Gasteiger partial charge < -0.3 is 19.1 Å². The zero-order valence-electron chi connectivity index (χ0n) is 14.9. The Balaban J connectivity index is 1.69. The van der Waals surface area contributed by atoms with Gasteiger partial charge in [0.2, 0.25) is 6.79 Å². The molecule has 8 nitrogen and oxygen atoms in total. The molecule has 0 unspecified atom stereocenters. The SMILES string of the molecule is CCN(C(=O)[C@@H](C)OC(=O)c1cc(Cl)c2c(c1)OCO2)[C@@H]1CCS(=O)(=O)C1. The second-order valence-electron chi connectivity index (χ2n) is 6.42. The van der Waals surface area contributed by atoms with Gasteiger partial charge in [-0.3, -0.25) is 4.79 Å². The van der Waals surface area contributed by atoms with Crippen LogP contribution in [0.3, 0.4) is 0 Å². The zero-order valence-corrected chi connectivity index (χ0v) is 16.5. The Morgan fingerprint density at radius 1 is 1.37 bits per heavy atom. The molecule has 10 heteroatoms. The summed E-state index contributed by atoms with van der Waals surface area (Å²) in [6.45, 7) is 3.56. The van der Waals surface area contributed by atoms with Crippen molar-refractivity contribution < 1.29 is 32.2 Å². The van der Waals surface area contributed by atoms with Crippen molar-refractivity contribution in [1.29, 1.82) is 0 Å². The molecular formula is C17H20ClNO7S. The fraction of sp³-hybridized carbons (Fsp3) is 0.529. The Labute approximate surface area is 162 Å². The summed E-state index contributed by atoms with van der Waals surface area (Å²) < 4.78 is 39.0. The number of carbonyl (C=O) groups is 2.